The minimum Gasteiger partial charge on any atom is -0.631 e. The second-order valence-corrected chi connectivity index (χ2v) is 2.75. The van der Waals surface area contributed by atoms with E-state index in [1.165, 1.54) is 6.08 Å². The van der Waals surface area contributed by atoms with Crippen LogP contribution in [0.15, 0.2) is 6.08 Å². The first-order chi connectivity index (χ1) is 4.68. The second-order valence-electron chi connectivity index (χ2n) is 1.14. The van der Waals surface area contributed by atoms with Gasteiger partial charge in [0.1, 0.15) is 0 Å². The summed E-state index contributed by atoms with van der Waals surface area (Å²) in [6.07, 6.45) is 1.50. The molecule has 0 saturated heterocycles. The fourth-order valence-corrected chi connectivity index (χ4v) is 0. The fraction of sp³-hybridized carbons (Fsp3) is 0.429. The Bertz CT molecular complexity index is 93.4. The molecule has 0 bridgehead atoms. The Morgan fingerprint density at radius 1 is 1.25 bits per heavy atom. The van der Waals surface area contributed by atoms with Crippen LogP contribution in [0.4, 0.5) is 0 Å². The average Bonchev–Trinajstić information content (AvgIpc) is 1.94. The van der Waals surface area contributed by atoms with Gasteiger partial charge in [0.25, 0.3) is 0 Å². The van der Waals surface area contributed by atoms with Crippen LogP contribution in [0.5, 0.6) is 0 Å². The molecular formula is C7H13O2PY2-2. The van der Waals surface area contributed by atoms with Crippen LogP contribution in [0.25, 0.3) is 0 Å². The summed E-state index contributed by atoms with van der Waals surface area (Å²) in [6, 6.07) is 0. The van der Waals surface area contributed by atoms with E-state index < -0.39 is 7.77 Å². The first-order valence-corrected chi connectivity index (χ1v) is 4.39. The molecule has 0 saturated carbocycles. The van der Waals surface area contributed by atoms with E-state index in [0.717, 1.165) is 0 Å². The molecule has 0 heterocycles. The molecule has 0 aromatic carbocycles. The molecule has 2 nitrogen and oxygen atoms in total. The van der Waals surface area contributed by atoms with E-state index in [1.54, 1.807) is 26.3 Å². The summed E-state index contributed by atoms with van der Waals surface area (Å²) in [5.41, 5.74) is 0. The van der Waals surface area contributed by atoms with Gasteiger partial charge in [-0.15, -0.1) is 0 Å². The first-order valence-electron chi connectivity index (χ1n) is 2.61. The molecule has 1 atom stereocenters. The molecule has 2 radical (unpaired) electrons. The number of hydrogen-bond donors (Lipinski definition) is 0. The molecule has 0 spiro atoms. The summed E-state index contributed by atoms with van der Waals surface area (Å²) in [7, 11) is -0.973. The average molecular weight is 338 g/mol. The van der Waals surface area contributed by atoms with Gasteiger partial charge >= 0.3 is 0 Å². The molecule has 0 aliphatic rings. The van der Waals surface area contributed by atoms with Crippen LogP contribution < -0.4 is 4.89 Å². The summed E-state index contributed by atoms with van der Waals surface area (Å²) in [6.45, 7) is 13.2. The third-order valence-corrected chi connectivity index (χ3v) is 1.09. The molecule has 0 aliphatic carbocycles. The van der Waals surface area contributed by atoms with Crippen LogP contribution in [-0.2, 0) is 70.2 Å². The summed E-state index contributed by atoms with van der Waals surface area (Å²) in [4.78, 5) is 17.7. The number of rotatable bonds is 0. The van der Waals surface area contributed by atoms with Crippen molar-refractivity contribution in [1.82, 2.24) is 0 Å². The maximum Gasteiger partial charge on any atom is 0.0919 e. The van der Waals surface area contributed by atoms with Gasteiger partial charge in [-0.2, -0.15) is 0 Å². The maximum atomic E-state index is 9.91. The van der Waals surface area contributed by atoms with Crippen molar-refractivity contribution >= 4 is 20.4 Å². The molecule has 0 fully saturated rings. The molecule has 0 aromatic rings. The molecule has 1 unspecified atom stereocenters. The van der Waals surface area contributed by atoms with E-state index in [4.69, 9.17) is 11.4 Å². The minimum atomic E-state index is -0.973. The minimum absolute atomic E-state index is 0. The zero-order chi connectivity index (χ0) is 8.99. The standard InChI is InChI=1S/C3H7OP.C3H5.CHO.2Y/c1-3-5(2)4;1-3-2;1-2;;/h3H,1-2H3;1,3H,2H3;1H;;/q;2*-1;;. The SMILES string of the molecule is CC=[P+](C)[O-].[CH-]=CC.[CH-]=O.[Y].[Y]. The first kappa shape index (κ1) is 29.2. The van der Waals surface area contributed by atoms with Gasteiger partial charge in [-0.05, 0) is 6.92 Å². The van der Waals surface area contributed by atoms with Gasteiger partial charge in [-0.1, -0.05) is 6.92 Å². The molecule has 66 valence electrons. The van der Waals surface area contributed by atoms with Crippen molar-refractivity contribution in [3.63, 3.8) is 0 Å². The Labute approximate surface area is 127 Å². The largest absolute Gasteiger partial charge is 0.631 e. The van der Waals surface area contributed by atoms with Crippen molar-refractivity contribution in [2.24, 2.45) is 0 Å². The van der Waals surface area contributed by atoms with E-state index in [1.807, 2.05) is 0 Å². The number of allylic oxidation sites excluding steroid dienone is 1. The Kier molecular flexibility index (Phi) is 94.0. The number of carbonyl (C=O) groups excluding carboxylic acids is 1. The second kappa shape index (κ2) is 38.6. The van der Waals surface area contributed by atoms with Crippen molar-refractivity contribution in [2.75, 3.05) is 6.66 Å². The molecule has 0 amide bonds. The summed E-state index contributed by atoms with van der Waals surface area (Å²) in [5.74, 6) is 1.68. The normalized spacial score (nSPS) is 6.50. The monoisotopic (exact) mass is 338 g/mol. The maximum absolute atomic E-state index is 9.91. The van der Waals surface area contributed by atoms with Crippen LogP contribution in [0, 0.1) is 6.58 Å². The van der Waals surface area contributed by atoms with Crippen molar-refractivity contribution in [1.29, 1.82) is 0 Å². The molecule has 0 N–H and O–H groups in total. The molecule has 0 aromatic heterocycles. The van der Waals surface area contributed by atoms with E-state index in [0.29, 0.717) is 0 Å². The van der Waals surface area contributed by atoms with Crippen LogP contribution in [0.3, 0.4) is 0 Å². The van der Waals surface area contributed by atoms with Crippen molar-refractivity contribution in [2.45, 2.75) is 13.8 Å². The zero-order valence-electron chi connectivity index (χ0n) is 7.73. The van der Waals surface area contributed by atoms with E-state index in [9.17, 15) is 4.89 Å². The molecule has 0 rings (SSSR count). The molecule has 0 aliphatic heterocycles. The Hall–Kier alpha value is 1.75. The van der Waals surface area contributed by atoms with Crippen LogP contribution >= 0.6 is 7.77 Å². The third-order valence-electron chi connectivity index (χ3n) is 0.364. The smallest absolute Gasteiger partial charge is 0.0919 e. The van der Waals surface area contributed by atoms with E-state index in [2.05, 4.69) is 6.79 Å². The van der Waals surface area contributed by atoms with Crippen molar-refractivity contribution in [3.05, 3.63) is 12.7 Å². The third kappa shape index (κ3) is 96.6. The van der Waals surface area contributed by atoms with Crippen molar-refractivity contribution < 1.29 is 75.1 Å². The summed E-state index contributed by atoms with van der Waals surface area (Å²) < 4.78 is 0. The molecular weight excluding hydrogens is 325 g/mol. The van der Waals surface area contributed by atoms with Gasteiger partial charge in [-0.25, -0.2) is 0 Å². The van der Waals surface area contributed by atoms with Crippen molar-refractivity contribution in [3.8, 4) is 0 Å². The topological polar surface area (TPSA) is 40.1 Å². The number of hydrogen-bond acceptors (Lipinski definition) is 2. The predicted molar refractivity (Wildman–Crippen MR) is 45.9 cm³/mol. The van der Waals surface area contributed by atoms with Gasteiger partial charge in [-0.3, -0.25) is 12.9 Å². The summed E-state index contributed by atoms with van der Waals surface area (Å²) in [5, 5.41) is 0. The van der Waals surface area contributed by atoms with Gasteiger partial charge in [0.15, 0.2) is 0 Å². The van der Waals surface area contributed by atoms with E-state index in [-0.39, 0.29) is 65.4 Å². The van der Waals surface area contributed by atoms with Gasteiger partial charge in [0, 0.05) is 73.2 Å². The molecule has 12 heavy (non-hydrogen) atoms. The molecule has 5 heteroatoms. The van der Waals surface area contributed by atoms with E-state index >= 15 is 0 Å². The van der Waals surface area contributed by atoms with Crippen LogP contribution in [-0.4, -0.2) is 19.3 Å². The predicted octanol–water partition coefficient (Wildman–Crippen LogP) is 0.912. The van der Waals surface area contributed by atoms with Crippen LogP contribution in [0.2, 0.25) is 0 Å². The van der Waals surface area contributed by atoms with Crippen LogP contribution in [0.1, 0.15) is 13.8 Å². The summed E-state index contributed by atoms with van der Waals surface area (Å²) >= 11 is 0. The van der Waals surface area contributed by atoms with Gasteiger partial charge < -0.3 is 16.3 Å². The quantitative estimate of drug-likeness (QED) is 0.374. The van der Waals surface area contributed by atoms with Gasteiger partial charge in [0.05, 0.1) is 12.5 Å². The Morgan fingerprint density at radius 3 is 1.33 bits per heavy atom. The Morgan fingerprint density at radius 2 is 1.33 bits per heavy atom. The zero-order valence-corrected chi connectivity index (χ0v) is 14.3. The Balaban J connectivity index is -0.0000000209. The van der Waals surface area contributed by atoms with Gasteiger partial charge in [0.2, 0.25) is 0 Å². The fourth-order valence-electron chi connectivity index (χ4n) is 0.